The topological polar surface area (TPSA) is 87.7 Å². The number of ether oxygens (including phenoxy) is 1. The van der Waals surface area contributed by atoms with E-state index < -0.39 is 0 Å². The molecule has 2 saturated heterocycles. The summed E-state index contributed by atoms with van der Waals surface area (Å²) in [4.78, 5) is 38.7. The molecule has 2 N–H and O–H groups in total. The summed E-state index contributed by atoms with van der Waals surface area (Å²) in [5, 5.41) is 5.82. The number of piperidine rings is 1. The standard InChI is InChI=1S/C22H31N3O4/c1-15(2)20(26)24-18-7-5-17(6-8-18)22(28)25-11-9-16(10-12-25)21(27)23-14-19-4-3-13-29-19/h5-8,15-16,19H,3-4,9-14H2,1-2H3,(H,23,27)(H,24,26). The minimum Gasteiger partial charge on any atom is -0.376 e. The predicted octanol–water partition coefficient (Wildman–Crippen LogP) is 2.43. The number of hydrogen-bond acceptors (Lipinski definition) is 4. The minimum atomic E-state index is -0.0968. The lowest BCUT2D eigenvalue weighted by molar-refractivity contribution is -0.126. The quantitative estimate of drug-likeness (QED) is 0.766. The molecule has 7 nitrogen and oxygen atoms in total. The number of benzene rings is 1. The molecule has 158 valence electrons. The number of rotatable bonds is 6. The molecular weight excluding hydrogens is 370 g/mol. The normalized spacial score (nSPS) is 20.0. The molecule has 1 aromatic rings. The van der Waals surface area contributed by atoms with Gasteiger partial charge in [0.2, 0.25) is 11.8 Å². The summed E-state index contributed by atoms with van der Waals surface area (Å²) in [5.41, 5.74) is 1.27. The molecule has 0 aliphatic carbocycles. The lowest BCUT2D eigenvalue weighted by atomic mass is 9.95. The molecule has 3 rings (SSSR count). The third kappa shape index (κ3) is 5.79. The van der Waals surface area contributed by atoms with Crippen LogP contribution in [0, 0.1) is 11.8 Å². The minimum absolute atomic E-state index is 0.0371. The van der Waals surface area contributed by atoms with Crippen LogP contribution < -0.4 is 10.6 Å². The Morgan fingerprint density at radius 2 is 1.79 bits per heavy atom. The second kappa shape index (κ2) is 9.87. The van der Waals surface area contributed by atoms with Crippen LogP contribution in [0.15, 0.2) is 24.3 Å². The highest BCUT2D eigenvalue weighted by Gasteiger charge is 2.28. The molecular formula is C22H31N3O4. The van der Waals surface area contributed by atoms with Crippen LogP contribution in [0.4, 0.5) is 5.69 Å². The van der Waals surface area contributed by atoms with Gasteiger partial charge in [0.25, 0.3) is 5.91 Å². The third-order valence-corrected chi connectivity index (χ3v) is 5.60. The zero-order valence-electron chi connectivity index (χ0n) is 17.3. The fourth-order valence-electron chi connectivity index (χ4n) is 3.67. The molecule has 29 heavy (non-hydrogen) atoms. The van der Waals surface area contributed by atoms with Gasteiger partial charge in [0.15, 0.2) is 0 Å². The first-order chi connectivity index (χ1) is 13.9. The van der Waals surface area contributed by atoms with E-state index in [1.165, 1.54) is 0 Å². The van der Waals surface area contributed by atoms with Crippen molar-refractivity contribution >= 4 is 23.4 Å². The number of likely N-dealkylation sites (tertiary alicyclic amines) is 1. The average molecular weight is 402 g/mol. The Balaban J connectivity index is 1.45. The summed E-state index contributed by atoms with van der Waals surface area (Å²) < 4.78 is 5.54. The molecule has 3 amide bonds. The Hall–Kier alpha value is -2.41. The largest absolute Gasteiger partial charge is 0.376 e. The monoisotopic (exact) mass is 401 g/mol. The Morgan fingerprint density at radius 1 is 1.10 bits per heavy atom. The Kier molecular flexibility index (Phi) is 7.25. The van der Waals surface area contributed by atoms with Crippen molar-refractivity contribution in [2.75, 3.05) is 31.6 Å². The van der Waals surface area contributed by atoms with Gasteiger partial charge in [0, 0.05) is 49.3 Å². The molecule has 0 saturated carbocycles. The number of hydrogen-bond donors (Lipinski definition) is 2. The van der Waals surface area contributed by atoms with Crippen LogP contribution in [0.5, 0.6) is 0 Å². The van der Waals surface area contributed by atoms with E-state index in [1.54, 1.807) is 29.2 Å². The zero-order chi connectivity index (χ0) is 20.8. The van der Waals surface area contributed by atoms with E-state index >= 15 is 0 Å². The second-order valence-electron chi connectivity index (χ2n) is 8.17. The first-order valence-corrected chi connectivity index (χ1v) is 10.5. The van der Waals surface area contributed by atoms with Gasteiger partial charge in [-0.15, -0.1) is 0 Å². The van der Waals surface area contributed by atoms with Crippen LogP contribution in [-0.2, 0) is 14.3 Å². The first-order valence-electron chi connectivity index (χ1n) is 10.5. The van der Waals surface area contributed by atoms with Gasteiger partial charge < -0.3 is 20.3 Å². The second-order valence-corrected chi connectivity index (χ2v) is 8.17. The molecule has 2 heterocycles. The Morgan fingerprint density at radius 3 is 2.38 bits per heavy atom. The Bertz CT molecular complexity index is 718. The van der Waals surface area contributed by atoms with Gasteiger partial charge >= 0.3 is 0 Å². The van der Waals surface area contributed by atoms with Crippen molar-refractivity contribution in [2.45, 2.75) is 45.6 Å². The number of nitrogens with one attached hydrogen (secondary N) is 2. The van der Waals surface area contributed by atoms with Crippen LogP contribution in [0.2, 0.25) is 0 Å². The van der Waals surface area contributed by atoms with Crippen molar-refractivity contribution in [3.8, 4) is 0 Å². The summed E-state index contributed by atoms with van der Waals surface area (Å²) in [5.74, 6) is -0.165. The molecule has 1 unspecified atom stereocenters. The number of nitrogens with zero attached hydrogens (tertiary/aromatic N) is 1. The molecule has 2 aliphatic heterocycles. The average Bonchev–Trinajstić information content (AvgIpc) is 3.26. The summed E-state index contributed by atoms with van der Waals surface area (Å²) in [6.07, 6.45) is 3.56. The summed E-state index contributed by atoms with van der Waals surface area (Å²) in [6, 6.07) is 6.97. The predicted molar refractivity (Wildman–Crippen MR) is 111 cm³/mol. The number of amides is 3. The van der Waals surface area contributed by atoms with Crippen LogP contribution >= 0.6 is 0 Å². The van der Waals surface area contributed by atoms with Crippen LogP contribution in [0.25, 0.3) is 0 Å². The van der Waals surface area contributed by atoms with E-state index in [9.17, 15) is 14.4 Å². The maximum atomic E-state index is 12.7. The molecule has 7 heteroatoms. The first kappa shape index (κ1) is 21.3. The fraction of sp³-hybridized carbons (Fsp3) is 0.591. The van der Waals surface area contributed by atoms with Crippen molar-refractivity contribution in [2.24, 2.45) is 11.8 Å². The third-order valence-electron chi connectivity index (χ3n) is 5.60. The number of carbonyl (C=O) groups excluding carboxylic acids is 3. The van der Waals surface area contributed by atoms with Crippen molar-refractivity contribution in [1.29, 1.82) is 0 Å². The smallest absolute Gasteiger partial charge is 0.253 e. The van der Waals surface area contributed by atoms with E-state index in [2.05, 4.69) is 10.6 Å². The lowest BCUT2D eigenvalue weighted by Gasteiger charge is -2.31. The molecule has 0 bridgehead atoms. The fourth-order valence-corrected chi connectivity index (χ4v) is 3.67. The van der Waals surface area contributed by atoms with E-state index in [4.69, 9.17) is 4.74 Å². The lowest BCUT2D eigenvalue weighted by Crippen LogP contribution is -2.44. The van der Waals surface area contributed by atoms with Gasteiger partial charge in [-0.25, -0.2) is 0 Å². The molecule has 2 fully saturated rings. The zero-order valence-corrected chi connectivity index (χ0v) is 17.3. The van der Waals surface area contributed by atoms with Crippen molar-refractivity contribution in [3.05, 3.63) is 29.8 Å². The van der Waals surface area contributed by atoms with Gasteiger partial charge in [-0.05, 0) is 49.9 Å². The molecule has 2 aliphatic rings. The van der Waals surface area contributed by atoms with E-state index in [1.807, 2.05) is 13.8 Å². The maximum absolute atomic E-state index is 12.7. The number of carbonyl (C=O) groups is 3. The summed E-state index contributed by atoms with van der Waals surface area (Å²) >= 11 is 0. The highest BCUT2D eigenvalue weighted by atomic mass is 16.5. The highest BCUT2D eigenvalue weighted by molar-refractivity contribution is 5.96. The van der Waals surface area contributed by atoms with Crippen molar-refractivity contribution in [3.63, 3.8) is 0 Å². The molecule has 0 aromatic heterocycles. The van der Waals surface area contributed by atoms with Crippen LogP contribution in [0.1, 0.15) is 49.9 Å². The van der Waals surface area contributed by atoms with Gasteiger partial charge in [0.05, 0.1) is 6.10 Å². The van der Waals surface area contributed by atoms with Crippen LogP contribution in [0.3, 0.4) is 0 Å². The van der Waals surface area contributed by atoms with E-state index in [-0.39, 0.29) is 35.7 Å². The summed E-state index contributed by atoms with van der Waals surface area (Å²) in [6.45, 7) is 6.18. The van der Waals surface area contributed by atoms with Crippen molar-refractivity contribution in [1.82, 2.24) is 10.2 Å². The highest BCUT2D eigenvalue weighted by Crippen LogP contribution is 2.21. The van der Waals surface area contributed by atoms with E-state index in [0.717, 1.165) is 19.4 Å². The van der Waals surface area contributed by atoms with Crippen molar-refractivity contribution < 1.29 is 19.1 Å². The van der Waals surface area contributed by atoms with Gasteiger partial charge in [0.1, 0.15) is 0 Å². The van der Waals surface area contributed by atoms with E-state index in [0.29, 0.717) is 43.7 Å². The maximum Gasteiger partial charge on any atom is 0.253 e. The molecule has 1 aromatic carbocycles. The molecule has 0 spiro atoms. The molecule has 1 atom stereocenters. The SMILES string of the molecule is CC(C)C(=O)Nc1ccc(C(=O)N2CCC(C(=O)NCC3CCCO3)CC2)cc1. The molecule has 0 radical (unpaired) electrons. The summed E-state index contributed by atoms with van der Waals surface area (Å²) in [7, 11) is 0. The van der Waals surface area contributed by atoms with Gasteiger partial charge in [-0.1, -0.05) is 13.8 Å². The Labute approximate surface area is 172 Å². The number of anilines is 1. The van der Waals surface area contributed by atoms with Gasteiger partial charge in [-0.3, -0.25) is 14.4 Å². The van der Waals surface area contributed by atoms with Crippen LogP contribution in [-0.4, -0.2) is 55.0 Å². The van der Waals surface area contributed by atoms with Gasteiger partial charge in [-0.2, -0.15) is 0 Å².